The number of carbonyl (C=O) groups excluding carboxylic acids is 1. The van der Waals surface area contributed by atoms with Crippen LogP contribution in [0.5, 0.6) is 0 Å². The van der Waals surface area contributed by atoms with E-state index in [-0.39, 0.29) is 0 Å². The SMILES string of the molecule is CCCCCCCCCCCCc1c([Si](C)(C)C)sc2c1C(=O)c1c-2sc(C)c1C. The van der Waals surface area contributed by atoms with Crippen LogP contribution in [0, 0.1) is 13.8 Å². The maximum Gasteiger partial charge on any atom is 0.196 e. The van der Waals surface area contributed by atoms with E-state index < -0.39 is 8.07 Å². The lowest BCUT2D eigenvalue weighted by Gasteiger charge is -2.17. The summed E-state index contributed by atoms with van der Waals surface area (Å²) in [6.07, 6.45) is 14.7. The smallest absolute Gasteiger partial charge is 0.196 e. The normalized spacial score (nSPS) is 13.2. The Hall–Kier alpha value is -0.713. The number of rotatable bonds is 12. The van der Waals surface area contributed by atoms with Crippen molar-refractivity contribution in [1.82, 2.24) is 0 Å². The summed E-state index contributed by atoms with van der Waals surface area (Å²) in [4.78, 5) is 17.3. The topological polar surface area (TPSA) is 17.1 Å². The van der Waals surface area contributed by atoms with E-state index in [2.05, 4.69) is 40.4 Å². The Kier molecular flexibility index (Phi) is 8.19. The number of unbranched alkanes of at least 4 members (excludes halogenated alkanes) is 9. The zero-order valence-corrected chi connectivity index (χ0v) is 22.6. The Balaban J connectivity index is 1.62. The van der Waals surface area contributed by atoms with Crippen LogP contribution < -0.4 is 4.50 Å². The van der Waals surface area contributed by atoms with Gasteiger partial charge in [-0.25, -0.2) is 0 Å². The van der Waals surface area contributed by atoms with Crippen LogP contribution in [0.15, 0.2) is 0 Å². The van der Waals surface area contributed by atoms with E-state index >= 15 is 0 Å². The largest absolute Gasteiger partial charge is 0.288 e. The van der Waals surface area contributed by atoms with Crippen molar-refractivity contribution in [2.75, 3.05) is 0 Å². The van der Waals surface area contributed by atoms with Gasteiger partial charge in [0.15, 0.2) is 5.78 Å². The van der Waals surface area contributed by atoms with Crippen molar-refractivity contribution in [2.45, 2.75) is 111 Å². The van der Waals surface area contributed by atoms with Crippen LogP contribution in [0.4, 0.5) is 0 Å². The number of hydrogen-bond acceptors (Lipinski definition) is 3. The van der Waals surface area contributed by atoms with Crippen molar-refractivity contribution in [3.63, 3.8) is 0 Å². The Morgan fingerprint density at radius 1 is 0.733 bits per heavy atom. The molecule has 0 unspecified atom stereocenters. The van der Waals surface area contributed by atoms with Gasteiger partial charge in [0.25, 0.3) is 0 Å². The van der Waals surface area contributed by atoms with Crippen LogP contribution in [-0.2, 0) is 6.42 Å². The standard InChI is InChI=1S/C26H40OS2Si/c1-7-8-9-10-11-12-13-14-15-16-17-20-22-23(27)21-18(2)19(3)28-24(21)25(22)29-26(20)30(4,5)6/h7-17H2,1-6H3. The van der Waals surface area contributed by atoms with Gasteiger partial charge in [0.05, 0.1) is 17.8 Å². The highest BCUT2D eigenvalue weighted by Gasteiger charge is 2.38. The lowest BCUT2D eigenvalue weighted by Crippen LogP contribution is -2.38. The highest BCUT2D eigenvalue weighted by Crippen LogP contribution is 2.49. The van der Waals surface area contributed by atoms with Gasteiger partial charge in [-0.2, -0.15) is 0 Å². The summed E-state index contributed by atoms with van der Waals surface area (Å²) in [5, 5.41) is 0. The average Bonchev–Trinajstić information content (AvgIpc) is 3.28. The molecule has 1 nitrogen and oxygen atoms in total. The van der Waals surface area contributed by atoms with Crippen LogP contribution in [0.2, 0.25) is 19.6 Å². The van der Waals surface area contributed by atoms with Gasteiger partial charge in [-0.1, -0.05) is 84.4 Å². The van der Waals surface area contributed by atoms with E-state index in [0.717, 1.165) is 17.5 Å². The molecule has 4 heteroatoms. The molecule has 0 aliphatic heterocycles. The minimum Gasteiger partial charge on any atom is -0.288 e. The third kappa shape index (κ3) is 5.02. The minimum absolute atomic E-state index is 0.324. The molecule has 0 saturated carbocycles. The second-order valence-electron chi connectivity index (χ2n) is 10.1. The molecule has 0 fully saturated rings. The quantitative estimate of drug-likeness (QED) is 0.195. The molecule has 0 radical (unpaired) electrons. The van der Waals surface area contributed by atoms with E-state index in [9.17, 15) is 4.79 Å². The fourth-order valence-corrected chi connectivity index (χ4v) is 9.77. The van der Waals surface area contributed by atoms with Crippen molar-refractivity contribution >= 4 is 41.0 Å². The molecule has 166 valence electrons. The van der Waals surface area contributed by atoms with Crippen LogP contribution in [0.25, 0.3) is 9.75 Å². The first-order valence-corrected chi connectivity index (χ1v) is 17.2. The molecule has 0 atom stereocenters. The molecule has 2 heterocycles. The molecule has 0 aromatic carbocycles. The van der Waals surface area contributed by atoms with Crippen molar-refractivity contribution in [2.24, 2.45) is 0 Å². The summed E-state index contributed by atoms with van der Waals surface area (Å²) < 4.78 is 1.58. The Labute approximate surface area is 193 Å². The number of carbonyl (C=O) groups is 1. The van der Waals surface area contributed by atoms with Gasteiger partial charge >= 0.3 is 0 Å². The van der Waals surface area contributed by atoms with Crippen LogP contribution in [0.1, 0.15) is 103 Å². The fourth-order valence-electron chi connectivity index (χ4n) is 4.68. The zero-order chi connectivity index (χ0) is 21.9. The maximum atomic E-state index is 13.4. The van der Waals surface area contributed by atoms with Crippen LogP contribution in [0.3, 0.4) is 0 Å². The second-order valence-corrected chi connectivity index (χ2v) is 17.7. The first-order chi connectivity index (χ1) is 14.3. The average molecular weight is 461 g/mol. The summed E-state index contributed by atoms with van der Waals surface area (Å²) in [7, 11) is -1.45. The molecular weight excluding hydrogens is 421 g/mol. The number of hydrogen-bond donors (Lipinski definition) is 0. The first kappa shape index (κ1) is 23.9. The highest BCUT2D eigenvalue weighted by molar-refractivity contribution is 7.32. The molecule has 2 aromatic heterocycles. The number of thiophene rings is 2. The molecule has 0 bridgehead atoms. The molecule has 0 amide bonds. The number of fused-ring (bicyclic) bond motifs is 3. The summed E-state index contributed by atoms with van der Waals surface area (Å²) in [5.74, 6) is 0.324. The van der Waals surface area contributed by atoms with Crippen molar-refractivity contribution < 1.29 is 4.79 Å². The Morgan fingerprint density at radius 2 is 1.27 bits per heavy atom. The molecule has 0 N–H and O–H groups in total. The molecule has 0 spiro atoms. The van der Waals surface area contributed by atoms with Gasteiger partial charge in [-0.05, 0) is 42.3 Å². The van der Waals surface area contributed by atoms with Crippen molar-refractivity contribution in [3.05, 3.63) is 27.1 Å². The van der Waals surface area contributed by atoms with E-state index in [4.69, 9.17) is 0 Å². The highest BCUT2D eigenvalue weighted by atomic mass is 32.1. The third-order valence-electron chi connectivity index (χ3n) is 6.51. The Morgan fingerprint density at radius 3 is 1.83 bits per heavy atom. The lowest BCUT2D eigenvalue weighted by atomic mass is 10.00. The predicted molar refractivity (Wildman–Crippen MR) is 139 cm³/mol. The summed E-state index contributed by atoms with van der Waals surface area (Å²) in [5.41, 5.74) is 4.75. The molecule has 1 aliphatic carbocycles. The van der Waals surface area contributed by atoms with Crippen molar-refractivity contribution in [1.29, 1.82) is 0 Å². The molecule has 2 aromatic rings. The zero-order valence-electron chi connectivity index (χ0n) is 20.0. The van der Waals surface area contributed by atoms with Crippen molar-refractivity contribution in [3.8, 4) is 9.75 Å². The number of ketones is 1. The van der Waals surface area contributed by atoms with E-state index in [0.29, 0.717) is 5.78 Å². The summed E-state index contributed by atoms with van der Waals surface area (Å²) in [6, 6.07) is 0. The van der Waals surface area contributed by atoms with Gasteiger partial charge in [0, 0.05) is 16.0 Å². The van der Waals surface area contributed by atoms with Gasteiger partial charge in [-0.15, -0.1) is 22.7 Å². The molecule has 0 saturated heterocycles. The maximum absolute atomic E-state index is 13.4. The van der Waals surface area contributed by atoms with Gasteiger partial charge in [-0.3, -0.25) is 4.79 Å². The third-order valence-corrected chi connectivity index (χ3v) is 12.7. The number of aryl methyl sites for hydroxylation is 1. The van der Waals surface area contributed by atoms with E-state index in [1.165, 1.54) is 90.0 Å². The van der Waals surface area contributed by atoms with Crippen LogP contribution in [-0.4, -0.2) is 13.9 Å². The molecule has 30 heavy (non-hydrogen) atoms. The molecule has 3 rings (SSSR count). The fraction of sp³-hybridized carbons (Fsp3) is 0.654. The molecule has 1 aliphatic rings. The van der Waals surface area contributed by atoms with Gasteiger partial charge < -0.3 is 0 Å². The Bertz CT molecular complexity index is 882. The second kappa shape index (κ2) is 10.3. The summed E-state index contributed by atoms with van der Waals surface area (Å²) >= 11 is 3.79. The first-order valence-electron chi connectivity index (χ1n) is 12.1. The monoisotopic (exact) mass is 460 g/mol. The predicted octanol–water partition coefficient (Wildman–Crippen LogP) is 8.65. The van der Waals surface area contributed by atoms with E-state index in [1.807, 2.05) is 22.7 Å². The van der Waals surface area contributed by atoms with Crippen LogP contribution >= 0.6 is 22.7 Å². The minimum atomic E-state index is -1.45. The van der Waals surface area contributed by atoms with Gasteiger partial charge in [0.2, 0.25) is 0 Å². The van der Waals surface area contributed by atoms with E-state index in [1.54, 1.807) is 4.50 Å². The lowest BCUT2D eigenvalue weighted by molar-refractivity contribution is 0.104. The molecular formula is C26H40OS2Si. The summed E-state index contributed by atoms with van der Waals surface area (Å²) in [6.45, 7) is 13.9. The van der Waals surface area contributed by atoms with Gasteiger partial charge in [0.1, 0.15) is 0 Å².